The zero-order valence-corrected chi connectivity index (χ0v) is 16.1. The van der Waals surface area contributed by atoms with E-state index in [1.54, 1.807) is 0 Å². The lowest BCUT2D eigenvalue weighted by atomic mass is 9.98. The first-order valence-electron chi connectivity index (χ1n) is 8.82. The normalized spacial score (nSPS) is 17.8. The molecule has 0 amide bonds. The number of piperazine rings is 1. The Bertz CT molecular complexity index is 377. The summed E-state index contributed by atoms with van der Waals surface area (Å²) in [6.45, 7) is 21.3. The van der Waals surface area contributed by atoms with Gasteiger partial charge in [-0.2, -0.15) is 0 Å². The Labute approximate surface area is 143 Å². The van der Waals surface area contributed by atoms with Gasteiger partial charge in [-0.15, -0.1) is 0 Å². The van der Waals surface area contributed by atoms with E-state index in [1.165, 1.54) is 0 Å². The predicted molar refractivity (Wildman–Crippen MR) is 96.6 cm³/mol. The summed E-state index contributed by atoms with van der Waals surface area (Å²) in [7, 11) is 0. The molecule has 134 valence electrons. The average molecular weight is 325 g/mol. The van der Waals surface area contributed by atoms with Crippen LogP contribution in [0.2, 0.25) is 0 Å². The lowest BCUT2D eigenvalue weighted by Crippen LogP contribution is -2.48. The fraction of sp³-hybridized carbons (Fsp3) is 0.895. The molecule has 1 fully saturated rings. The average Bonchev–Trinajstić information content (AvgIpc) is 2.42. The summed E-state index contributed by atoms with van der Waals surface area (Å²) >= 11 is 0. The van der Waals surface area contributed by atoms with Crippen LogP contribution in [-0.2, 0) is 9.47 Å². The van der Waals surface area contributed by atoms with Crippen molar-refractivity contribution in [2.75, 3.05) is 59.1 Å². The zero-order chi connectivity index (χ0) is 17.3. The Balaban J connectivity index is 2.04. The first-order valence-corrected chi connectivity index (χ1v) is 8.82. The summed E-state index contributed by atoms with van der Waals surface area (Å²) in [5, 5.41) is 0. The minimum absolute atomic E-state index is 0.0327. The zero-order valence-electron chi connectivity index (χ0n) is 16.1. The molecule has 0 bridgehead atoms. The summed E-state index contributed by atoms with van der Waals surface area (Å²) in [6, 6.07) is 0. The second-order valence-electron chi connectivity index (χ2n) is 8.25. The quantitative estimate of drug-likeness (QED) is 0.531. The van der Waals surface area contributed by atoms with E-state index in [9.17, 15) is 0 Å². The highest BCUT2D eigenvalue weighted by molar-refractivity contribution is 5.07. The van der Waals surface area contributed by atoms with Crippen molar-refractivity contribution in [3.63, 3.8) is 0 Å². The molecule has 0 unspecified atom stereocenters. The van der Waals surface area contributed by atoms with Crippen LogP contribution in [0.3, 0.4) is 0 Å². The van der Waals surface area contributed by atoms with Crippen molar-refractivity contribution in [2.45, 2.75) is 47.1 Å². The number of rotatable bonds is 7. The summed E-state index contributed by atoms with van der Waals surface area (Å²) in [5.41, 5.74) is 0.0332. The van der Waals surface area contributed by atoms with Gasteiger partial charge in [0, 0.05) is 44.7 Å². The molecule has 0 N–H and O–H groups in total. The van der Waals surface area contributed by atoms with E-state index in [0.29, 0.717) is 6.61 Å². The van der Waals surface area contributed by atoms with Gasteiger partial charge in [0.25, 0.3) is 0 Å². The van der Waals surface area contributed by atoms with Gasteiger partial charge in [0.1, 0.15) is 6.61 Å². The van der Waals surface area contributed by atoms with Gasteiger partial charge in [-0.1, -0.05) is 11.8 Å². The van der Waals surface area contributed by atoms with Crippen LogP contribution in [0.1, 0.15) is 41.5 Å². The third-order valence-corrected chi connectivity index (χ3v) is 3.60. The van der Waals surface area contributed by atoms with Crippen LogP contribution in [0.25, 0.3) is 0 Å². The smallest absolute Gasteiger partial charge is 0.107 e. The molecule has 0 aromatic carbocycles. The van der Waals surface area contributed by atoms with E-state index in [4.69, 9.17) is 9.47 Å². The van der Waals surface area contributed by atoms with Gasteiger partial charge >= 0.3 is 0 Å². The fourth-order valence-electron chi connectivity index (χ4n) is 2.34. The molecule has 0 aromatic rings. The Morgan fingerprint density at radius 1 is 0.826 bits per heavy atom. The van der Waals surface area contributed by atoms with Crippen LogP contribution in [0, 0.1) is 17.3 Å². The molecule has 4 nitrogen and oxygen atoms in total. The van der Waals surface area contributed by atoms with Gasteiger partial charge in [0.15, 0.2) is 0 Å². The predicted octanol–water partition coefficient (Wildman–Crippen LogP) is 2.49. The molecule has 1 heterocycles. The number of hydrogen-bond donors (Lipinski definition) is 0. The van der Waals surface area contributed by atoms with E-state index < -0.39 is 0 Å². The molecule has 0 spiro atoms. The van der Waals surface area contributed by atoms with Crippen molar-refractivity contribution in [2.24, 2.45) is 5.41 Å². The molecule has 23 heavy (non-hydrogen) atoms. The summed E-state index contributed by atoms with van der Waals surface area (Å²) in [6.07, 6.45) is 0. The molecule has 0 radical (unpaired) electrons. The van der Waals surface area contributed by atoms with Gasteiger partial charge in [0.05, 0.1) is 18.8 Å². The molecule has 0 saturated carbocycles. The highest BCUT2D eigenvalue weighted by atomic mass is 16.5. The molecule has 4 heteroatoms. The van der Waals surface area contributed by atoms with Crippen molar-refractivity contribution < 1.29 is 9.47 Å². The van der Waals surface area contributed by atoms with Crippen molar-refractivity contribution >= 4 is 0 Å². The maximum absolute atomic E-state index is 5.80. The maximum Gasteiger partial charge on any atom is 0.107 e. The van der Waals surface area contributed by atoms with Crippen LogP contribution in [0.5, 0.6) is 0 Å². The van der Waals surface area contributed by atoms with Crippen LogP contribution in [0.15, 0.2) is 0 Å². The fourth-order valence-corrected chi connectivity index (χ4v) is 2.34. The number of hydrogen-bond acceptors (Lipinski definition) is 4. The van der Waals surface area contributed by atoms with Crippen LogP contribution >= 0.6 is 0 Å². The molecule has 0 atom stereocenters. The van der Waals surface area contributed by atoms with E-state index >= 15 is 0 Å². The van der Waals surface area contributed by atoms with Crippen molar-refractivity contribution in [1.82, 2.24) is 9.80 Å². The standard InChI is InChI=1S/C19H36N2O2/c1-18(2,3)8-7-15-22-16-13-20-9-11-21(12-10-20)14-17-23-19(4,5)6/h9-17H2,1-6H3. The van der Waals surface area contributed by atoms with Gasteiger partial charge in [-0.05, 0) is 41.5 Å². The Morgan fingerprint density at radius 3 is 1.83 bits per heavy atom. The Morgan fingerprint density at radius 2 is 1.35 bits per heavy atom. The minimum Gasteiger partial charge on any atom is -0.375 e. The van der Waals surface area contributed by atoms with E-state index in [0.717, 1.165) is 52.5 Å². The molecule has 0 aromatic heterocycles. The largest absolute Gasteiger partial charge is 0.375 e. The molecular weight excluding hydrogens is 288 g/mol. The lowest BCUT2D eigenvalue weighted by Gasteiger charge is -2.35. The number of ether oxygens (including phenoxy) is 2. The second-order valence-corrected chi connectivity index (χ2v) is 8.25. The van der Waals surface area contributed by atoms with Crippen LogP contribution in [0.4, 0.5) is 0 Å². The molecule has 1 aliphatic heterocycles. The maximum atomic E-state index is 5.80. The Hall–Kier alpha value is -0.600. The SMILES string of the molecule is CC(C)(C)C#CCOCCN1CCN(CCOC(C)(C)C)CC1. The first kappa shape index (κ1) is 20.4. The van der Waals surface area contributed by atoms with Crippen molar-refractivity contribution in [3.05, 3.63) is 0 Å². The third-order valence-electron chi connectivity index (χ3n) is 3.60. The monoisotopic (exact) mass is 324 g/mol. The summed E-state index contributed by atoms with van der Waals surface area (Å²) < 4.78 is 11.4. The molecule has 1 saturated heterocycles. The van der Waals surface area contributed by atoms with E-state index in [-0.39, 0.29) is 11.0 Å². The van der Waals surface area contributed by atoms with E-state index in [1.807, 2.05) is 0 Å². The van der Waals surface area contributed by atoms with Crippen LogP contribution in [-0.4, -0.2) is 74.5 Å². The lowest BCUT2D eigenvalue weighted by molar-refractivity contribution is -0.0186. The first-order chi connectivity index (χ1) is 10.7. The number of nitrogens with zero attached hydrogens (tertiary/aromatic N) is 2. The van der Waals surface area contributed by atoms with Gasteiger partial charge in [0.2, 0.25) is 0 Å². The van der Waals surface area contributed by atoms with Crippen molar-refractivity contribution in [3.8, 4) is 11.8 Å². The van der Waals surface area contributed by atoms with Crippen molar-refractivity contribution in [1.29, 1.82) is 0 Å². The third kappa shape index (κ3) is 11.6. The van der Waals surface area contributed by atoms with Gasteiger partial charge in [-0.25, -0.2) is 0 Å². The molecule has 1 rings (SSSR count). The topological polar surface area (TPSA) is 24.9 Å². The summed E-state index contributed by atoms with van der Waals surface area (Å²) in [5.74, 6) is 6.28. The van der Waals surface area contributed by atoms with Crippen LogP contribution < -0.4 is 0 Å². The molecule has 0 aliphatic carbocycles. The van der Waals surface area contributed by atoms with Gasteiger partial charge < -0.3 is 9.47 Å². The minimum atomic E-state index is -0.0327. The van der Waals surface area contributed by atoms with E-state index in [2.05, 4.69) is 63.2 Å². The Kier molecular flexibility index (Phi) is 8.57. The second kappa shape index (κ2) is 9.64. The molecule has 1 aliphatic rings. The summed E-state index contributed by atoms with van der Waals surface area (Å²) in [4.78, 5) is 4.95. The molecular formula is C19H36N2O2. The highest BCUT2D eigenvalue weighted by Gasteiger charge is 2.17. The van der Waals surface area contributed by atoms with Gasteiger partial charge in [-0.3, -0.25) is 9.80 Å². The highest BCUT2D eigenvalue weighted by Crippen LogP contribution is 2.09.